The highest BCUT2D eigenvalue weighted by Gasteiger charge is 2.15. The van der Waals surface area contributed by atoms with E-state index in [1.165, 1.54) is 0 Å². The van der Waals surface area contributed by atoms with Crippen molar-refractivity contribution < 1.29 is 14.3 Å². The quantitative estimate of drug-likeness (QED) is 0.629. The molecule has 1 fully saturated rings. The molecule has 0 aromatic heterocycles. The van der Waals surface area contributed by atoms with E-state index in [1.54, 1.807) is 0 Å². The van der Waals surface area contributed by atoms with Gasteiger partial charge in [0.05, 0.1) is 0 Å². The minimum atomic E-state index is -0.0151. The monoisotopic (exact) mass is 258 g/mol. The van der Waals surface area contributed by atoms with Gasteiger partial charge < -0.3 is 20.1 Å². The number of nitrogens with one attached hydrogen (secondary N) is 2. The van der Waals surface area contributed by atoms with Crippen molar-refractivity contribution in [3.8, 4) is 0 Å². The molecule has 0 bridgehead atoms. The zero-order chi connectivity index (χ0) is 13.2. The minimum Gasteiger partial charge on any atom is -0.381 e. The molecule has 0 aromatic rings. The summed E-state index contributed by atoms with van der Waals surface area (Å²) >= 11 is 0. The van der Waals surface area contributed by atoms with Crippen LogP contribution in [0.15, 0.2) is 0 Å². The molecule has 0 aromatic carbocycles. The second-order valence-electron chi connectivity index (χ2n) is 4.97. The Morgan fingerprint density at radius 3 is 2.78 bits per heavy atom. The van der Waals surface area contributed by atoms with Crippen molar-refractivity contribution in [1.82, 2.24) is 10.6 Å². The number of hydrogen-bond donors (Lipinski definition) is 2. The van der Waals surface area contributed by atoms with Crippen LogP contribution in [0.4, 0.5) is 0 Å². The van der Waals surface area contributed by atoms with E-state index in [0.29, 0.717) is 12.6 Å². The molecule has 0 aliphatic carbocycles. The Morgan fingerprint density at radius 2 is 2.11 bits per heavy atom. The van der Waals surface area contributed by atoms with Crippen LogP contribution in [0.5, 0.6) is 0 Å². The normalized spacial score (nSPS) is 17.1. The van der Waals surface area contributed by atoms with Crippen LogP contribution in [-0.2, 0) is 14.3 Å². The fourth-order valence-electron chi connectivity index (χ4n) is 1.84. The molecular formula is C13H26N2O3. The van der Waals surface area contributed by atoms with E-state index in [2.05, 4.69) is 24.5 Å². The second-order valence-corrected chi connectivity index (χ2v) is 4.97. The van der Waals surface area contributed by atoms with E-state index in [0.717, 1.165) is 39.0 Å². The summed E-state index contributed by atoms with van der Waals surface area (Å²) in [6, 6.07) is 0.763. The number of carbonyl (C=O) groups is 1. The maximum atomic E-state index is 11.6. The standard InChI is InChI=1S/C13H26N2O3/c1-11(2)14-6-3-7-18-10-13(16)15-12-4-8-17-9-5-12/h11-12,14H,3-10H2,1-2H3,(H,15,16). The first kappa shape index (κ1) is 15.4. The minimum absolute atomic E-state index is 0.0151. The number of amides is 1. The van der Waals surface area contributed by atoms with Crippen LogP contribution in [0.3, 0.4) is 0 Å². The fourth-order valence-corrected chi connectivity index (χ4v) is 1.84. The van der Waals surface area contributed by atoms with Gasteiger partial charge in [-0.15, -0.1) is 0 Å². The summed E-state index contributed by atoms with van der Waals surface area (Å²) in [5.41, 5.74) is 0. The highest BCUT2D eigenvalue weighted by Crippen LogP contribution is 2.05. The molecular weight excluding hydrogens is 232 g/mol. The largest absolute Gasteiger partial charge is 0.381 e. The molecule has 5 heteroatoms. The van der Waals surface area contributed by atoms with Crippen molar-refractivity contribution in [2.24, 2.45) is 0 Å². The summed E-state index contributed by atoms with van der Waals surface area (Å²) in [7, 11) is 0. The topological polar surface area (TPSA) is 59.6 Å². The Kier molecular flexibility index (Phi) is 7.96. The van der Waals surface area contributed by atoms with Crippen LogP contribution >= 0.6 is 0 Å². The molecule has 1 rings (SSSR count). The number of carbonyl (C=O) groups excluding carboxylic acids is 1. The molecule has 1 saturated heterocycles. The second kappa shape index (κ2) is 9.30. The average Bonchev–Trinajstić information content (AvgIpc) is 2.34. The predicted molar refractivity (Wildman–Crippen MR) is 70.6 cm³/mol. The summed E-state index contributed by atoms with van der Waals surface area (Å²) in [4.78, 5) is 11.6. The molecule has 106 valence electrons. The van der Waals surface area contributed by atoms with Gasteiger partial charge in [0.1, 0.15) is 6.61 Å². The smallest absolute Gasteiger partial charge is 0.246 e. The first-order valence-corrected chi connectivity index (χ1v) is 6.86. The van der Waals surface area contributed by atoms with Crippen molar-refractivity contribution in [3.63, 3.8) is 0 Å². The van der Waals surface area contributed by atoms with Gasteiger partial charge in [0.25, 0.3) is 0 Å². The lowest BCUT2D eigenvalue weighted by Gasteiger charge is -2.23. The van der Waals surface area contributed by atoms with Gasteiger partial charge in [-0.1, -0.05) is 13.8 Å². The van der Waals surface area contributed by atoms with Gasteiger partial charge in [-0.3, -0.25) is 4.79 Å². The number of rotatable bonds is 8. The predicted octanol–water partition coefficient (Wildman–Crippen LogP) is 0.686. The third-order valence-electron chi connectivity index (χ3n) is 2.84. The molecule has 0 saturated carbocycles. The van der Waals surface area contributed by atoms with Crippen LogP contribution in [0.1, 0.15) is 33.1 Å². The van der Waals surface area contributed by atoms with Crippen LogP contribution in [0.25, 0.3) is 0 Å². The summed E-state index contributed by atoms with van der Waals surface area (Å²) < 4.78 is 10.6. The lowest BCUT2D eigenvalue weighted by Crippen LogP contribution is -2.40. The maximum Gasteiger partial charge on any atom is 0.246 e. The molecule has 5 nitrogen and oxygen atoms in total. The molecule has 18 heavy (non-hydrogen) atoms. The van der Waals surface area contributed by atoms with Gasteiger partial charge in [0.15, 0.2) is 0 Å². The van der Waals surface area contributed by atoms with Gasteiger partial charge in [0.2, 0.25) is 5.91 Å². The SMILES string of the molecule is CC(C)NCCCOCC(=O)NC1CCOCC1. The third kappa shape index (κ3) is 7.63. The van der Waals surface area contributed by atoms with Crippen molar-refractivity contribution in [1.29, 1.82) is 0 Å². The first-order valence-electron chi connectivity index (χ1n) is 6.86. The summed E-state index contributed by atoms with van der Waals surface area (Å²) in [6.07, 6.45) is 2.75. The number of ether oxygens (including phenoxy) is 2. The molecule has 0 atom stereocenters. The number of hydrogen-bond acceptors (Lipinski definition) is 4. The first-order chi connectivity index (χ1) is 8.68. The zero-order valence-corrected chi connectivity index (χ0v) is 11.5. The van der Waals surface area contributed by atoms with Crippen molar-refractivity contribution in [2.75, 3.05) is 33.0 Å². The van der Waals surface area contributed by atoms with Gasteiger partial charge in [-0.2, -0.15) is 0 Å². The zero-order valence-electron chi connectivity index (χ0n) is 11.5. The summed E-state index contributed by atoms with van der Waals surface area (Å²) in [5, 5.41) is 6.27. The maximum absolute atomic E-state index is 11.6. The van der Waals surface area contributed by atoms with E-state index in [9.17, 15) is 4.79 Å². The summed E-state index contributed by atoms with van der Waals surface area (Å²) in [6.45, 7) is 7.43. The van der Waals surface area contributed by atoms with E-state index >= 15 is 0 Å². The lowest BCUT2D eigenvalue weighted by atomic mass is 10.1. The van der Waals surface area contributed by atoms with E-state index < -0.39 is 0 Å². The lowest BCUT2D eigenvalue weighted by molar-refractivity contribution is -0.127. The molecule has 0 unspecified atom stereocenters. The van der Waals surface area contributed by atoms with Crippen LogP contribution in [0, 0.1) is 0 Å². The Balaban J connectivity index is 1.93. The van der Waals surface area contributed by atoms with E-state index in [1.807, 2.05) is 0 Å². The van der Waals surface area contributed by atoms with Gasteiger partial charge in [0, 0.05) is 31.9 Å². The Labute approximate surface area is 110 Å². The fraction of sp³-hybridized carbons (Fsp3) is 0.923. The van der Waals surface area contributed by atoms with Crippen LogP contribution < -0.4 is 10.6 Å². The molecule has 1 aliphatic heterocycles. The van der Waals surface area contributed by atoms with Crippen LogP contribution in [0.2, 0.25) is 0 Å². The molecule has 1 heterocycles. The summed E-state index contributed by atoms with van der Waals surface area (Å²) in [5.74, 6) is -0.0151. The van der Waals surface area contributed by atoms with E-state index in [-0.39, 0.29) is 18.6 Å². The van der Waals surface area contributed by atoms with Gasteiger partial charge in [-0.05, 0) is 25.8 Å². The van der Waals surface area contributed by atoms with Crippen LogP contribution in [-0.4, -0.2) is 51.0 Å². The van der Waals surface area contributed by atoms with Gasteiger partial charge in [-0.25, -0.2) is 0 Å². The average molecular weight is 258 g/mol. The highest BCUT2D eigenvalue weighted by molar-refractivity contribution is 5.77. The molecule has 2 N–H and O–H groups in total. The molecule has 0 spiro atoms. The van der Waals surface area contributed by atoms with Gasteiger partial charge >= 0.3 is 0 Å². The Morgan fingerprint density at radius 1 is 1.39 bits per heavy atom. The highest BCUT2D eigenvalue weighted by atomic mass is 16.5. The molecule has 1 aliphatic rings. The molecule has 0 radical (unpaired) electrons. The van der Waals surface area contributed by atoms with Crippen molar-refractivity contribution >= 4 is 5.91 Å². The van der Waals surface area contributed by atoms with Crippen molar-refractivity contribution in [2.45, 2.75) is 45.2 Å². The Hall–Kier alpha value is -0.650. The molecule has 1 amide bonds. The van der Waals surface area contributed by atoms with E-state index in [4.69, 9.17) is 9.47 Å². The third-order valence-corrected chi connectivity index (χ3v) is 2.84. The Bertz CT molecular complexity index is 228. The van der Waals surface area contributed by atoms with Crippen molar-refractivity contribution in [3.05, 3.63) is 0 Å².